The second-order valence-corrected chi connectivity index (χ2v) is 4.42. The molecule has 1 aliphatic heterocycles. The fourth-order valence-corrected chi connectivity index (χ4v) is 2.19. The summed E-state index contributed by atoms with van der Waals surface area (Å²) < 4.78 is 1.45. The van der Waals surface area contributed by atoms with Gasteiger partial charge in [0.05, 0.1) is 0 Å². The Morgan fingerprint density at radius 1 is 1.38 bits per heavy atom. The Kier molecular flexibility index (Phi) is 3.24. The van der Waals surface area contributed by atoms with Crippen molar-refractivity contribution in [3.8, 4) is 0 Å². The van der Waals surface area contributed by atoms with Crippen LogP contribution in [0, 0.1) is 0 Å². The van der Waals surface area contributed by atoms with Gasteiger partial charge in [0, 0.05) is 24.5 Å². The Bertz CT molecular complexity index is 339. The summed E-state index contributed by atoms with van der Waals surface area (Å²) in [7, 11) is 0. The minimum absolute atomic E-state index is 0.141. The Morgan fingerprint density at radius 3 is 2.62 bits per heavy atom. The number of hydrazine groups is 1. The van der Waals surface area contributed by atoms with Gasteiger partial charge in [-0.1, -0.05) is 6.42 Å². The van der Waals surface area contributed by atoms with Crippen LogP contribution in [0.1, 0.15) is 33.1 Å². The van der Waals surface area contributed by atoms with Gasteiger partial charge in [0.25, 0.3) is 0 Å². The van der Waals surface area contributed by atoms with Crippen LogP contribution in [0.5, 0.6) is 0 Å². The van der Waals surface area contributed by atoms with E-state index in [2.05, 4.69) is 24.3 Å². The van der Waals surface area contributed by atoms with Crippen LogP contribution >= 0.6 is 0 Å². The van der Waals surface area contributed by atoms with Gasteiger partial charge in [-0.2, -0.15) is 0 Å². The average Bonchev–Trinajstić information content (AvgIpc) is 2.76. The summed E-state index contributed by atoms with van der Waals surface area (Å²) in [5, 5.41) is 2.05. The van der Waals surface area contributed by atoms with Crippen molar-refractivity contribution in [3.05, 3.63) is 18.7 Å². The maximum Gasteiger partial charge on any atom is 0.341 e. The quantitative estimate of drug-likeness (QED) is 0.785. The van der Waals surface area contributed by atoms with E-state index in [9.17, 15) is 4.79 Å². The molecule has 1 saturated heterocycles. The van der Waals surface area contributed by atoms with Crippen LogP contribution in [0.2, 0.25) is 0 Å². The molecule has 1 aliphatic rings. The van der Waals surface area contributed by atoms with E-state index in [0.717, 1.165) is 12.8 Å². The molecule has 1 N–H and O–H groups in total. The summed E-state index contributed by atoms with van der Waals surface area (Å²) in [6, 6.07) is 0.658. The maximum absolute atomic E-state index is 11.8. The minimum atomic E-state index is -0.141. The molecule has 0 bridgehead atoms. The maximum atomic E-state index is 11.8. The minimum Gasteiger partial charge on any atom is -0.269 e. The van der Waals surface area contributed by atoms with E-state index < -0.39 is 0 Å². The van der Waals surface area contributed by atoms with Crippen LogP contribution < -0.4 is 5.43 Å². The predicted octanol–water partition coefficient (Wildman–Crippen LogP) is 1.62. The monoisotopic (exact) mass is 222 g/mol. The molecule has 1 aromatic rings. The number of rotatable bonds is 1. The third kappa shape index (κ3) is 2.24. The van der Waals surface area contributed by atoms with Gasteiger partial charge in [-0.05, 0) is 26.7 Å². The van der Waals surface area contributed by atoms with Crippen molar-refractivity contribution in [2.24, 2.45) is 0 Å². The second-order valence-electron chi connectivity index (χ2n) is 4.42. The van der Waals surface area contributed by atoms with Crippen LogP contribution in [0.4, 0.5) is 4.79 Å². The summed E-state index contributed by atoms with van der Waals surface area (Å²) >= 11 is 0. The largest absolute Gasteiger partial charge is 0.341 e. The standard InChI is InChI=1S/C11H18N4O/c1-9-4-3-5-10(2)15(9)13-11(16)14-7-6-12-8-14/h6-10H,3-5H2,1-2H3,(H,13,16). The van der Waals surface area contributed by atoms with E-state index in [1.807, 2.05) is 5.01 Å². The van der Waals surface area contributed by atoms with E-state index in [1.165, 1.54) is 17.3 Å². The SMILES string of the molecule is CC1CCCC(C)N1NC(=O)n1ccnc1. The molecule has 1 fully saturated rings. The fraction of sp³-hybridized carbons (Fsp3) is 0.636. The summed E-state index contributed by atoms with van der Waals surface area (Å²) in [5.74, 6) is 0. The first-order valence-electron chi connectivity index (χ1n) is 5.76. The molecule has 16 heavy (non-hydrogen) atoms. The summed E-state index contributed by atoms with van der Waals surface area (Å²) in [4.78, 5) is 15.7. The van der Waals surface area contributed by atoms with Gasteiger partial charge in [-0.15, -0.1) is 0 Å². The summed E-state index contributed by atoms with van der Waals surface area (Å²) in [6.45, 7) is 4.29. The van der Waals surface area contributed by atoms with Gasteiger partial charge in [0.2, 0.25) is 0 Å². The van der Waals surface area contributed by atoms with Crippen molar-refractivity contribution >= 4 is 6.03 Å². The van der Waals surface area contributed by atoms with Gasteiger partial charge in [-0.3, -0.25) is 9.99 Å². The van der Waals surface area contributed by atoms with Crippen molar-refractivity contribution in [1.82, 2.24) is 20.0 Å². The molecule has 0 aliphatic carbocycles. The number of carbonyl (C=O) groups excluding carboxylic acids is 1. The van der Waals surface area contributed by atoms with E-state index in [1.54, 1.807) is 12.4 Å². The second kappa shape index (κ2) is 4.65. The molecule has 5 nitrogen and oxygen atoms in total. The Labute approximate surface area is 95.4 Å². The van der Waals surface area contributed by atoms with Gasteiger partial charge in [0.1, 0.15) is 6.33 Å². The Hall–Kier alpha value is -1.36. The van der Waals surface area contributed by atoms with Gasteiger partial charge < -0.3 is 0 Å². The molecule has 5 heteroatoms. The first-order valence-corrected chi connectivity index (χ1v) is 5.76. The third-order valence-electron chi connectivity index (χ3n) is 3.16. The third-order valence-corrected chi connectivity index (χ3v) is 3.16. The highest BCUT2D eigenvalue weighted by molar-refractivity contribution is 5.75. The molecule has 0 saturated carbocycles. The molecule has 1 aromatic heterocycles. The Morgan fingerprint density at radius 2 is 2.06 bits per heavy atom. The zero-order chi connectivity index (χ0) is 11.5. The van der Waals surface area contributed by atoms with E-state index in [-0.39, 0.29) is 6.03 Å². The van der Waals surface area contributed by atoms with Crippen molar-refractivity contribution in [1.29, 1.82) is 0 Å². The number of carbonyl (C=O) groups is 1. The molecule has 2 unspecified atom stereocenters. The molecule has 2 atom stereocenters. The van der Waals surface area contributed by atoms with E-state index >= 15 is 0 Å². The van der Waals surface area contributed by atoms with Crippen LogP contribution in [0.15, 0.2) is 18.7 Å². The molecule has 2 rings (SSSR count). The summed E-state index contributed by atoms with van der Waals surface area (Å²) in [6.07, 6.45) is 8.26. The smallest absolute Gasteiger partial charge is 0.269 e. The number of aromatic nitrogens is 2. The normalized spacial score (nSPS) is 26.6. The van der Waals surface area contributed by atoms with Crippen molar-refractivity contribution < 1.29 is 4.79 Å². The van der Waals surface area contributed by atoms with E-state index in [4.69, 9.17) is 0 Å². The molecule has 0 spiro atoms. The number of imidazole rings is 1. The fourth-order valence-electron chi connectivity index (χ4n) is 2.19. The van der Waals surface area contributed by atoms with Crippen LogP contribution in [0.3, 0.4) is 0 Å². The van der Waals surface area contributed by atoms with Crippen molar-refractivity contribution in [3.63, 3.8) is 0 Å². The molecule has 0 aromatic carbocycles. The van der Waals surface area contributed by atoms with Crippen molar-refractivity contribution in [2.45, 2.75) is 45.2 Å². The number of nitrogens with zero attached hydrogens (tertiary/aromatic N) is 3. The lowest BCUT2D eigenvalue weighted by atomic mass is 10.00. The average molecular weight is 222 g/mol. The lowest BCUT2D eigenvalue weighted by molar-refractivity contribution is 0.0598. The molecule has 2 heterocycles. The lowest BCUT2D eigenvalue weighted by Crippen LogP contribution is -2.54. The molecule has 88 valence electrons. The molecular formula is C11H18N4O. The summed E-state index contributed by atoms with van der Waals surface area (Å²) in [5.41, 5.74) is 2.94. The highest BCUT2D eigenvalue weighted by atomic mass is 16.2. The molecule has 0 radical (unpaired) electrons. The van der Waals surface area contributed by atoms with Crippen LogP contribution in [0.25, 0.3) is 0 Å². The predicted molar refractivity (Wildman–Crippen MR) is 60.8 cm³/mol. The van der Waals surface area contributed by atoms with Crippen LogP contribution in [-0.4, -0.2) is 32.7 Å². The van der Waals surface area contributed by atoms with E-state index in [0.29, 0.717) is 12.1 Å². The first-order chi connectivity index (χ1) is 7.68. The first kappa shape index (κ1) is 11.1. The molecule has 1 amide bonds. The lowest BCUT2D eigenvalue weighted by Gasteiger charge is -2.38. The van der Waals surface area contributed by atoms with Crippen molar-refractivity contribution in [2.75, 3.05) is 0 Å². The van der Waals surface area contributed by atoms with Gasteiger partial charge in [0.15, 0.2) is 0 Å². The zero-order valence-corrected chi connectivity index (χ0v) is 9.76. The van der Waals surface area contributed by atoms with Crippen LogP contribution in [-0.2, 0) is 0 Å². The number of amides is 1. The van der Waals surface area contributed by atoms with Gasteiger partial charge >= 0.3 is 6.03 Å². The Balaban J connectivity index is 2.00. The zero-order valence-electron chi connectivity index (χ0n) is 9.76. The highest BCUT2D eigenvalue weighted by Crippen LogP contribution is 2.20. The number of piperidine rings is 1. The number of nitrogens with one attached hydrogen (secondary N) is 1. The topological polar surface area (TPSA) is 50.2 Å². The highest BCUT2D eigenvalue weighted by Gasteiger charge is 2.26. The van der Waals surface area contributed by atoms with Gasteiger partial charge in [-0.25, -0.2) is 14.8 Å². The number of hydrogen-bond donors (Lipinski definition) is 1. The molecular weight excluding hydrogens is 204 g/mol. The number of hydrogen-bond acceptors (Lipinski definition) is 3.